The number of hydrogen-bond donors (Lipinski definition) is 2. The van der Waals surface area contributed by atoms with Gasteiger partial charge in [-0.3, -0.25) is 9.59 Å². The van der Waals surface area contributed by atoms with E-state index in [1.54, 1.807) is 12.0 Å². The lowest BCUT2D eigenvalue weighted by molar-refractivity contribution is -0.142. The summed E-state index contributed by atoms with van der Waals surface area (Å²) in [5.41, 5.74) is 0.934. The van der Waals surface area contributed by atoms with Gasteiger partial charge in [-0.25, -0.2) is 4.79 Å². The Morgan fingerprint density at radius 2 is 2.00 bits per heavy atom. The van der Waals surface area contributed by atoms with E-state index in [1.807, 2.05) is 24.3 Å². The van der Waals surface area contributed by atoms with Crippen molar-refractivity contribution in [2.24, 2.45) is 5.92 Å². The predicted octanol–water partition coefficient (Wildman–Crippen LogP) is 0.650. The van der Waals surface area contributed by atoms with Crippen molar-refractivity contribution in [3.05, 3.63) is 29.8 Å². The molecule has 1 saturated heterocycles. The van der Waals surface area contributed by atoms with Gasteiger partial charge in [0.1, 0.15) is 11.8 Å². The molecule has 0 aliphatic carbocycles. The largest absolute Gasteiger partial charge is 0.497 e. The van der Waals surface area contributed by atoms with Crippen LogP contribution in [-0.4, -0.2) is 61.2 Å². The van der Waals surface area contributed by atoms with Crippen LogP contribution in [0.4, 0.5) is 0 Å². The first-order valence-electron chi connectivity index (χ1n) is 8.37. The van der Waals surface area contributed by atoms with E-state index in [2.05, 4.69) is 5.32 Å². The molecule has 0 spiro atoms. The second kappa shape index (κ2) is 9.19. The van der Waals surface area contributed by atoms with Crippen molar-refractivity contribution in [3.63, 3.8) is 0 Å². The third-order valence-electron chi connectivity index (χ3n) is 4.34. The lowest BCUT2D eigenvalue weighted by atomic mass is 10.1. The van der Waals surface area contributed by atoms with Crippen LogP contribution >= 0.6 is 0 Å². The van der Waals surface area contributed by atoms with Crippen LogP contribution in [0.3, 0.4) is 0 Å². The van der Waals surface area contributed by atoms with Crippen molar-refractivity contribution < 1.29 is 29.0 Å². The zero-order valence-corrected chi connectivity index (χ0v) is 14.9. The molecule has 1 aromatic carbocycles. The van der Waals surface area contributed by atoms with Crippen LogP contribution in [0.1, 0.15) is 18.4 Å². The van der Waals surface area contributed by atoms with Gasteiger partial charge in [-0.1, -0.05) is 12.1 Å². The summed E-state index contributed by atoms with van der Waals surface area (Å²) >= 11 is 0. The first kappa shape index (κ1) is 19.7. The number of nitrogens with zero attached hydrogens (tertiary/aromatic N) is 1. The topological polar surface area (TPSA) is 105 Å². The van der Waals surface area contributed by atoms with Gasteiger partial charge in [0.25, 0.3) is 0 Å². The molecule has 1 aliphatic rings. The van der Waals surface area contributed by atoms with Gasteiger partial charge in [0.2, 0.25) is 11.8 Å². The number of methoxy groups -OCH3 is 2. The Morgan fingerprint density at radius 3 is 2.58 bits per heavy atom. The fraction of sp³-hybridized carbons (Fsp3) is 0.500. The van der Waals surface area contributed by atoms with Gasteiger partial charge < -0.3 is 24.8 Å². The summed E-state index contributed by atoms with van der Waals surface area (Å²) in [6.07, 6.45) is 0.256. The average molecular weight is 364 g/mol. The molecule has 1 aliphatic heterocycles. The quantitative estimate of drug-likeness (QED) is 0.667. The van der Waals surface area contributed by atoms with Crippen LogP contribution in [0.2, 0.25) is 0 Å². The molecule has 0 radical (unpaired) electrons. The highest BCUT2D eigenvalue weighted by atomic mass is 16.5. The van der Waals surface area contributed by atoms with E-state index in [1.165, 1.54) is 7.11 Å². The first-order valence-corrected chi connectivity index (χ1v) is 8.37. The van der Waals surface area contributed by atoms with E-state index < -0.39 is 23.8 Å². The maximum atomic E-state index is 12.3. The van der Waals surface area contributed by atoms with Gasteiger partial charge >= 0.3 is 5.97 Å². The summed E-state index contributed by atoms with van der Waals surface area (Å²) in [5.74, 6) is -1.47. The molecule has 1 aromatic rings. The summed E-state index contributed by atoms with van der Waals surface area (Å²) in [5, 5.41) is 11.7. The molecule has 8 nitrogen and oxygen atoms in total. The average Bonchev–Trinajstić information content (AvgIpc) is 2.99. The minimum absolute atomic E-state index is 0.0819. The number of nitrogens with one attached hydrogen (secondary N) is 1. The number of carbonyl (C=O) groups excluding carboxylic acids is 2. The standard InChI is InChI=1S/C18H24N2O6/c1-25-8-7-15(18(23)24)19-17(22)13-9-16(21)20(11-13)10-12-3-5-14(26-2)6-4-12/h3-6,13,15H,7-11H2,1-2H3,(H,19,22)(H,23,24). The number of ether oxygens (including phenoxy) is 2. The van der Waals surface area contributed by atoms with Crippen molar-refractivity contribution in [1.29, 1.82) is 0 Å². The fourth-order valence-corrected chi connectivity index (χ4v) is 2.83. The lowest BCUT2D eigenvalue weighted by Crippen LogP contribution is -2.44. The number of carboxylic acids is 1. The molecule has 0 saturated carbocycles. The van der Waals surface area contributed by atoms with E-state index in [0.29, 0.717) is 6.54 Å². The molecule has 8 heteroatoms. The maximum absolute atomic E-state index is 12.3. The molecule has 1 heterocycles. The Morgan fingerprint density at radius 1 is 1.31 bits per heavy atom. The number of aliphatic carboxylic acids is 1. The van der Waals surface area contributed by atoms with E-state index >= 15 is 0 Å². The lowest BCUT2D eigenvalue weighted by Gasteiger charge is -2.18. The van der Waals surface area contributed by atoms with E-state index in [4.69, 9.17) is 9.47 Å². The molecule has 2 rings (SSSR count). The zero-order chi connectivity index (χ0) is 19.1. The molecule has 0 aromatic heterocycles. The molecule has 2 unspecified atom stereocenters. The summed E-state index contributed by atoms with van der Waals surface area (Å²) in [6.45, 7) is 0.899. The molecular formula is C18H24N2O6. The van der Waals surface area contributed by atoms with Crippen LogP contribution in [0.25, 0.3) is 0 Å². The third-order valence-corrected chi connectivity index (χ3v) is 4.34. The van der Waals surface area contributed by atoms with E-state index in [0.717, 1.165) is 11.3 Å². The van der Waals surface area contributed by atoms with Crippen molar-refractivity contribution in [1.82, 2.24) is 10.2 Å². The van der Waals surface area contributed by atoms with Crippen molar-refractivity contribution in [2.75, 3.05) is 27.4 Å². The van der Waals surface area contributed by atoms with Crippen LogP contribution in [0.5, 0.6) is 5.75 Å². The number of carbonyl (C=O) groups is 3. The number of amides is 2. The van der Waals surface area contributed by atoms with Gasteiger partial charge in [0.15, 0.2) is 0 Å². The van der Waals surface area contributed by atoms with Gasteiger partial charge in [-0.05, 0) is 17.7 Å². The molecule has 0 bridgehead atoms. The number of rotatable bonds is 9. The highest BCUT2D eigenvalue weighted by Crippen LogP contribution is 2.21. The number of benzene rings is 1. The Labute approximate surface area is 152 Å². The maximum Gasteiger partial charge on any atom is 0.326 e. The highest BCUT2D eigenvalue weighted by molar-refractivity contribution is 5.91. The summed E-state index contributed by atoms with van der Waals surface area (Å²) in [4.78, 5) is 37.4. The van der Waals surface area contributed by atoms with Crippen LogP contribution in [-0.2, 0) is 25.7 Å². The minimum Gasteiger partial charge on any atom is -0.497 e. The minimum atomic E-state index is -1.12. The van der Waals surface area contributed by atoms with Gasteiger partial charge in [-0.2, -0.15) is 0 Å². The number of likely N-dealkylation sites (tertiary alicyclic amines) is 1. The summed E-state index contributed by atoms with van der Waals surface area (Å²) in [7, 11) is 3.05. The Balaban J connectivity index is 1.92. The predicted molar refractivity (Wildman–Crippen MR) is 92.6 cm³/mol. The fourth-order valence-electron chi connectivity index (χ4n) is 2.83. The van der Waals surface area contributed by atoms with Gasteiger partial charge in [-0.15, -0.1) is 0 Å². The normalized spacial score (nSPS) is 17.8. The summed E-state index contributed by atoms with van der Waals surface area (Å²) in [6, 6.07) is 6.34. The number of carboxylic acid groups (broad SMARTS) is 1. The monoisotopic (exact) mass is 364 g/mol. The van der Waals surface area contributed by atoms with Gasteiger partial charge in [0.05, 0.1) is 13.0 Å². The molecule has 2 amide bonds. The summed E-state index contributed by atoms with van der Waals surface area (Å²) < 4.78 is 9.96. The van der Waals surface area contributed by atoms with Crippen LogP contribution in [0, 0.1) is 5.92 Å². The Kier molecular flexibility index (Phi) is 6.97. The SMILES string of the molecule is COCCC(NC(=O)C1CC(=O)N(Cc2ccc(OC)cc2)C1)C(=O)O. The second-order valence-electron chi connectivity index (χ2n) is 6.20. The molecule has 142 valence electrons. The highest BCUT2D eigenvalue weighted by Gasteiger charge is 2.35. The third kappa shape index (κ3) is 5.19. The van der Waals surface area contributed by atoms with E-state index in [-0.39, 0.29) is 31.9 Å². The van der Waals surface area contributed by atoms with Crippen molar-refractivity contribution >= 4 is 17.8 Å². The van der Waals surface area contributed by atoms with Crippen LogP contribution in [0.15, 0.2) is 24.3 Å². The van der Waals surface area contributed by atoms with Gasteiger partial charge in [0, 0.05) is 39.6 Å². The van der Waals surface area contributed by atoms with Crippen molar-refractivity contribution in [3.8, 4) is 5.75 Å². The molecule has 2 atom stereocenters. The van der Waals surface area contributed by atoms with E-state index in [9.17, 15) is 19.5 Å². The Bertz CT molecular complexity index is 646. The molecule has 2 N–H and O–H groups in total. The van der Waals surface area contributed by atoms with Crippen LogP contribution < -0.4 is 10.1 Å². The number of hydrogen-bond acceptors (Lipinski definition) is 5. The Hall–Kier alpha value is -2.61. The molecule has 26 heavy (non-hydrogen) atoms. The van der Waals surface area contributed by atoms with Crippen molar-refractivity contribution in [2.45, 2.75) is 25.4 Å². The molecule has 1 fully saturated rings. The zero-order valence-electron chi connectivity index (χ0n) is 14.9. The first-order chi connectivity index (χ1) is 12.4. The second-order valence-corrected chi connectivity index (χ2v) is 6.20. The molecular weight excluding hydrogens is 340 g/mol. The smallest absolute Gasteiger partial charge is 0.326 e.